The van der Waals surface area contributed by atoms with Gasteiger partial charge in [-0.25, -0.2) is 0 Å². The van der Waals surface area contributed by atoms with Crippen LogP contribution in [0.4, 0.5) is 13.2 Å². The number of nitrogens with zero attached hydrogens (tertiary/aromatic N) is 3. The molecule has 0 radical (unpaired) electrons. The van der Waals surface area contributed by atoms with Crippen LogP contribution in [-0.4, -0.2) is 33.5 Å². The number of carbonyl (C=O) groups is 1. The van der Waals surface area contributed by atoms with E-state index in [1.807, 2.05) is 0 Å². The van der Waals surface area contributed by atoms with Crippen LogP contribution in [0.15, 0.2) is 42.1 Å². The fraction of sp³-hybridized carbons (Fsp3) is 0.353. The van der Waals surface area contributed by atoms with E-state index in [2.05, 4.69) is 22.1 Å². The summed E-state index contributed by atoms with van der Waals surface area (Å²) in [5.41, 5.74) is -0.139. The first-order valence-electron chi connectivity index (χ1n) is 7.92. The summed E-state index contributed by atoms with van der Waals surface area (Å²) < 4.78 is 44.5. The van der Waals surface area contributed by atoms with Gasteiger partial charge in [-0.15, -0.1) is 16.8 Å². The minimum Gasteiger partial charge on any atom is -0.377 e. The molecule has 1 N–H and O–H groups in total. The fourth-order valence-electron chi connectivity index (χ4n) is 2.17. The number of thioether (sulfide) groups is 1. The molecule has 146 valence electrons. The molecule has 2 rings (SSSR count). The Balaban J connectivity index is 1.87. The molecular weight excluding hydrogens is 381 g/mol. The van der Waals surface area contributed by atoms with Crippen molar-refractivity contribution in [1.82, 2.24) is 20.1 Å². The minimum absolute atomic E-state index is 0.100. The van der Waals surface area contributed by atoms with E-state index in [0.29, 0.717) is 29.7 Å². The molecule has 0 aliphatic rings. The molecule has 0 aliphatic heterocycles. The number of methoxy groups -OCH3 is 1. The number of nitrogens with one attached hydrogen (secondary N) is 1. The van der Waals surface area contributed by atoms with Crippen molar-refractivity contribution < 1.29 is 22.7 Å². The van der Waals surface area contributed by atoms with E-state index in [9.17, 15) is 18.0 Å². The molecule has 6 nitrogen and oxygen atoms in total. The van der Waals surface area contributed by atoms with Crippen LogP contribution < -0.4 is 5.32 Å². The molecule has 0 aliphatic carbocycles. The number of ether oxygens (including phenoxy) is 1. The van der Waals surface area contributed by atoms with E-state index < -0.39 is 11.7 Å². The van der Waals surface area contributed by atoms with E-state index in [-0.39, 0.29) is 18.2 Å². The summed E-state index contributed by atoms with van der Waals surface area (Å²) in [4.78, 5) is 12.0. The lowest BCUT2D eigenvalue weighted by molar-refractivity contribution is -0.137. The molecule has 10 heteroatoms. The highest BCUT2D eigenvalue weighted by Crippen LogP contribution is 2.29. The smallest absolute Gasteiger partial charge is 0.377 e. The molecule has 1 aromatic heterocycles. The maximum Gasteiger partial charge on any atom is 0.416 e. The Morgan fingerprint density at radius 1 is 1.33 bits per heavy atom. The lowest BCUT2D eigenvalue weighted by atomic mass is 10.1. The number of hydrogen-bond acceptors (Lipinski definition) is 5. The quantitative estimate of drug-likeness (QED) is 0.518. The summed E-state index contributed by atoms with van der Waals surface area (Å²) in [7, 11) is 1.55. The van der Waals surface area contributed by atoms with Crippen molar-refractivity contribution in [3.63, 3.8) is 0 Å². The number of alkyl halides is 3. The minimum atomic E-state index is -4.37. The van der Waals surface area contributed by atoms with Crippen LogP contribution in [0, 0.1) is 0 Å². The van der Waals surface area contributed by atoms with E-state index in [1.54, 1.807) is 17.8 Å². The standard InChI is InChI=1S/C17H19F3N4O2S/c1-3-8-24-14(10-26-2)22-23-16(24)27-11-15(25)21-9-12-4-6-13(7-5-12)17(18,19)20/h3-7H,1,8-11H2,2H3,(H,21,25). The maximum atomic E-state index is 12.5. The second-order valence-corrected chi connectivity index (χ2v) is 6.43. The molecule has 0 saturated carbocycles. The number of hydrogen-bond donors (Lipinski definition) is 1. The Morgan fingerprint density at radius 2 is 2.04 bits per heavy atom. The van der Waals surface area contributed by atoms with Crippen LogP contribution in [0.2, 0.25) is 0 Å². The van der Waals surface area contributed by atoms with Gasteiger partial charge in [-0.2, -0.15) is 13.2 Å². The molecular formula is C17H19F3N4O2S. The van der Waals surface area contributed by atoms with Crippen LogP contribution in [0.1, 0.15) is 17.0 Å². The van der Waals surface area contributed by atoms with Crippen molar-refractivity contribution in [2.45, 2.75) is 31.0 Å². The predicted molar refractivity (Wildman–Crippen MR) is 94.9 cm³/mol. The number of benzene rings is 1. The van der Waals surface area contributed by atoms with Gasteiger partial charge in [-0.1, -0.05) is 30.0 Å². The molecule has 1 aromatic carbocycles. The third kappa shape index (κ3) is 6.10. The molecule has 1 amide bonds. The summed E-state index contributed by atoms with van der Waals surface area (Å²) >= 11 is 1.21. The SMILES string of the molecule is C=CCn1c(COC)nnc1SCC(=O)NCc1ccc(C(F)(F)F)cc1. The first-order chi connectivity index (χ1) is 12.8. The predicted octanol–water partition coefficient (Wildman–Crippen LogP) is 3.04. The van der Waals surface area contributed by atoms with Gasteiger partial charge in [0.25, 0.3) is 0 Å². The first-order valence-corrected chi connectivity index (χ1v) is 8.91. The summed E-state index contributed by atoms with van der Waals surface area (Å²) in [5, 5.41) is 11.3. The Morgan fingerprint density at radius 3 is 2.63 bits per heavy atom. The van der Waals surface area contributed by atoms with E-state index in [4.69, 9.17) is 4.74 Å². The maximum absolute atomic E-state index is 12.5. The monoisotopic (exact) mass is 400 g/mol. The van der Waals surface area contributed by atoms with Crippen LogP contribution >= 0.6 is 11.8 Å². The lowest BCUT2D eigenvalue weighted by Crippen LogP contribution is -2.24. The van der Waals surface area contributed by atoms with Crippen molar-refractivity contribution >= 4 is 17.7 Å². The van der Waals surface area contributed by atoms with Crippen molar-refractivity contribution in [2.24, 2.45) is 0 Å². The second-order valence-electron chi connectivity index (χ2n) is 5.49. The largest absolute Gasteiger partial charge is 0.416 e. The zero-order chi connectivity index (χ0) is 19.9. The Hall–Kier alpha value is -2.33. The number of halogens is 3. The van der Waals surface area contributed by atoms with E-state index >= 15 is 0 Å². The fourth-order valence-corrected chi connectivity index (χ4v) is 2.96. The molecule has 27 heavy (non-hydrogen) atoms. The highest BCUT2D eigenvalue weighted by molar-refractivity contribution is 7.99. The van der Waals surface area contributed by atoms with Crippen LogP contribution in [0.3, 0.4) is 0 Å². The number of allylic oxidation sites excluding steroid dienone is 1. The first kappa shape index (κ1) is 21.0. The number of carbonyl (C=O) groups excluding carboxylic acids is 1. The number of amides is 1. The highest BCUT2D eigenvalue weighted by Gasteiger charge is 2.29. The van der Waals surface area contributed by atoms with Gasteiger partial charge < -0.3 is 14.6 Å². The molecule has 0 spiro atoms. The highest BCUT2D eigenvalue weighted by atomic mass is 32.2. The summed E-state index contributed by atoms with van der Waals surface area (Å²) in [6.45, 7) is 4.61. The number of rotatable bonds is 9. The van der Waals surface area contributed by atoms with Crippen LogP contribution in [0.5, 0.6) is 0 Å². The van der Waals surface area contributed by atoms with Crippen LogP contribution in [-0.2, 0) is 35.4 Å². The molecule has 0 unspecified atom stereocenters. The van der Waals surface area contributed by atoms with Crippen molar-refractivity contribution in [1.29, 1.82) is 0 Å². The van der Waals surface area contributed by atoms with Crippen molar-refractivity contribution in [3.05, 3.63) is 53.9 Å². The molecule has 1 heterocycles. The van der Waals surface area contributed by atoms with Crippen molar-refractivity contribution in [2.75, 3.05) is 12.9 Å². The number of aromatic nitrogens is 3. The Bertz CT molecular complexity index is 775. The van der Waals surface area contributed by atoms with Gasteiger partial charge in [0, 0.05) is 20.2 Å². The Kier molecular flexibility index (Phi) is 7.43. The van der Waals surface area contributed by atoms with Gasteiger partial charge in [0.15, 0.2) is 11.0 Å². The molecule has 0 bridgehead atoms. The zero-order valence-corrected chi connectivity index (χ0v) is 15.4. The average molecular weight is 400 g/mol. The Labute approximate surface area is 158 Å². The van der Waals surface area contributed by atoms with Gasteiger partial charge in [-0.05, 0) is 17.7 Å². The zero-order valence-electron chi connectivity index (χ0n) is 14.6. The topological polar surface area (TPSA) is 69.0 Å². The summed E-state index contributed by atoms with van der Waals surface area (Å²) in [6.07, 6.45) is -2.68. The van der Waals surface area contributed by atoms with E-state index in [0.717, 1.165) is 12.1 Å². The second kappa shape index (κ2) is 9.56. The van der Waals surface area contributed by atoms with Gasteiger partial charge in [-0.3, -0.25) is 4.79 Å². The lowest BCUT2D eigenvalue weighted by Gasteiger charge is -2.09. The molecule has 0 atom stereocenters. The summed E-state index contributed by atoms with van der Waals surface area (Å²) in [5.74, 6) is 0.467. The summed E-state index contributed by atoms with van der Waals surface area (Å²) in [6, 6.07) is 4.67. The molecule has 2 aromatic rings. The van der Waals surface area contributed by atoms with E-state index in [1.165, 1.54) is 23.9 Å². The van der Waals surface area contributed by atoms with Gasteiger partial charge in [0.2, 0.25) is 5.91 Å². The molecule has 0 fully saturated rings. The normalized spacial score (nSPS) is 11.4. The van der Waals surface area contributed by atoms with Crippen LogP contribution in [0.25, 0.3) is 0 Å². The van der Waals surface area contributed by atoms with Gasteiger partial charge in [0.1, 0.15) is 6.61 Å². The average Bonchev–Trinajstić information content (AvgIpc) is 3.00. The molecule has 0 saturated heterocycles. The van der Waals surface area contributed by atoms with Gasteiger partial charge in [0.05, 0.1) is 11.3 Å². The third-order valence-electron chi connectivity index (χ3n) is 3.48. The van der Waals surface area contributed by atoms with Gasteiger partial charge >= 0.3 is 6.18 Å². The van der Waals surface area contributed by atoms with Crippen molar-refractivity contribution in [3.8, 4) is 0 Å². The third-order valence-corrected chi connectivity index (χ3v) is 4.45.